The largest absolute Gasteiger partial charge is 0.463 e. The fourth-order valence-corrected chi connectivity index (χ4v) is 5.18. The van der Waals surface area contributed by atoms with E-state index in [2.05, 4.69) is 4.99 Å². The lowest BCUT2D eigenvalue weighted by molar-refractivity contribution is -0.139. The molecule has 0 saturated heterocycles. The second-order valence-electron chi connectivity index (χ2n) is 7.47. The highest BCUT2D eigenvalue weighted by Gasteiger charge is 2.34. The number of esters is 1. The number of rotatable bonds is 4. The number of thiazole rings is 1. The van der Waals surface area contributed by atoms with E-state index in [9.17, 15) is 9.59 Å². The quantitative estimate of drug-likeness (QED) is 0.534. The Labute approximate surface area is 197 Å². The normalized spacial score (nSPS) is 17.1. The Morgan fingerprint density at radius 2 is 2.09 bits per heavy atom. The summed E-state index contributed by atoms with van der Waals surface area (Å²) in [7, 11) is 0. The minimum Gasteiger partial charge on any atom is -0.463 e. The van der Waals surface area contributed by atoms with Crippen molar-refractivity contribution in [1.29, 1.82) is 0 Å². The third-order valence-corrected chi connectivity index (χ3v) is 6.59. The van der Waals surface area contributed by atoms with Gasteiger partial charge < -0.3 is 14.2 Å². The fourth-order valence-electron chi connectivity index (χ4n) is 3.94. The first kappa shape index (κ1) is 21.5. The summed E-state index contributed by atoms with van der Waals surface area (Å²) in [6, 6.07) is 11.9. The van der Waals surface area contributed by atoms with Crippen LogP contribution in [-0.4, -0.2) is 23.9 Å². The van der Waals surface area contributed by atoms with Gasteiger partial charge in [0, 0.05) is 5.02 Å². The molecule has 2 aliphatic heterocycles. The highest BCUT2D eigenvalue weighted by molar-refractivity contribution is 7.07. The maximum atomic E-state index is 13.6. The Balaban J connectivity index is 1.73. The van der Waals surface area contributed by atoms with Crippen molar-refractivity contribution in [1.82, 2.24) is 4.57 Å². The van der Waals surface area contributed by atoms with E-state index < -0.39 is 12.0 Å². The summed E-state index contributed by atoms with van der Waals surface area (Å²) in [4.78, 5) is 31.6. The first-order valence-electron chi connectivity index (χ1n) is 10.3. The van der Waals surface area contributed by atoms with E-state index >= 15 is 0 Å². The topological polar surface area (TPSA) is 79.1 Å². The van der Waals surface area contributed by atoms with Gasteiger partial charge in [-0.1, -0.05) is 41.1 Å². The van der Waals surface area contributed by atoms with Crippen LogP contribution < -0.4 is 24.4 Å². The lowest BCUT2D eigenvalue weighted by Crippen LogP contribution is -2.39. The van der Waals surface area contributed by atoms with Gasteiger partial charge >= 0.3 is 5.97 Å². The van der Waals surface area contributed by atoms with E-state index in [-0.39, 0.29) is 19.0 Å². The molecule has 0 saturated carbocycles. The highest BCUT2D eigenvalue weighted by atomic mass is 35.5. The Kier molecular flexibility index (Phi) is 5.55. The van der Waals surface area contributed by atoms with Gasteiger partial charge in [0.05, 0.1) is 28.5 Å². The molecule has 1 aromatic heterocycles. The van der Waals surface area contributed by atoms with Gasteiger partial charge in [-0.05, 0) is 55.3 Å². The summed E-state index contributed by atoms with van der Waals surface area (Å²) in [6.45, 7) is 3.83. The molecule has 0 fully saturated rings. The Bertz CT molecular complexity index is 1490. The van der Waals surface area contributed by atoms with Crippen LogP contribution in [0.15, 0.2) is 63.5 Å². The summed E-state index contributed by atoms with van der Waals surface area (Å²) >= 11 is 7.37. The number of hydrogen-bond donors (Lipinski definition) is 0. The number of fused-ring (bicyclic) bond motifs is 2. The van der Waals surface area contributed by atoms with E-state index in [0.717, 1.165) is 5.56 Å². The van der Waals surface area contributed by atoms with Crippen LogP contribution in [0.25, 0.3) is 6.08 Å². The molecule has 7 nitrogen and oxygen atoms in total. The molecule has 2 aliphatic rings. The Hall–Kier alpha value is -3.36. The van der Waals surface area contributed by atoms with Gasteiger partial charge in [-0.2, -0.15) is 0 Å². The third kappa shape index (κ3) is 3.85. The van der Waals surface area contributed by atoms with E-state index in [0.29, 0.717) is 42.7 Å². The van der Waals surface area contributed by atoms with Gasteiger partial charge in [-0.25, -0.2) is 9.79 Å². The molecule has 0 aliphatic carbocycles. The summed E-state index contributed by atoms with van der Waals surface area (Å²) in [5.74, 6) is 0.669. The van der Waals surface area contributed by atoms with E-state index in [1.807, 2.05) is 18.2 Å². The minimum atomic E-state index is -0.712. The van der Waals surface area contributed by atoms with Crippen LogP contribution in [0.4, 0.5) is 0 Å². The van der Waals surface area contributed by atoms with Crippen molar-refractivity contribution in [2.75, 3.05) is 13.4 Å². The maximum absolute atomic E-state index is 13.6. The van der Waals surface area contributed by atoms with Crippen LogP contribution in [-0.2, 0) is 9.53 Å². The molecule has 3 heterocycles. The lowest BCUT2D eigenvalue weighted by Gasteiger charge is -2.24. The SMILES string of the molecule is CCOC(=O)C1=C(C)N=c2s/c(=C/c3cccc(Cl)c3)c(=O)n2C1c1ccc2c(c1)OCO2. The number of hydrogen-bond acceptors (Lipinski definition) is 7. The summed E-state index contributed by atoms with van der Waals surface area (Å²) in [5, 5.41) is 0.579. The number of carbonyl (C=O) groups is 1. The first-order valence-corrected chi connectivity index (χ1v) is 11.5. The van der Waals surface area contributed by atoms with Crippen molar-refractivity contribution in [3.05, 3.63) is 89.6 Å². The predicted octanol–water partition coefficient (Wildman–Crippen LogP) is 3.18. The van der Waals surface area contributed by atoms with Gasteiger partial charge in [0.2, 0.25) is 6.79 Å². The zero-order valence-corrected chi connectivity index (χ0v) is 19.4. The summed E-state index contributed by atoms with van der Waals surface area (Å²) < 4.78 is 18.3. The second kappa shape index (κ2) is 8.53. The molecule has 9 heteroatoms. The number of benzene rings is 2. The van der Waals surface area contributed by atoms with E-state index in [1.165, 1.54) is 15.9 Å². The molecular weight excluding hydrogens is 464 g/mol. The number of allylic oxidation sites excluding steroid dienone is 1. The number of carbonyl (C=O) groups excluding carboxylic acids is 1. The molecule has 168 valence electrons. The molecule has 3 aromatic rings. The standard InChI is InChI=1S/C24H19ClN2O5S/c1-3-30-23(29)20-13(2)26-24-27(21(20)15-7-8-17-18(11-15)32-12-31-17)22(28)19(33-24)10-14-5-4-6-16(25)9-14/h4-11,21H,3,12H2,1-2H3/b19-10+. The molecule has 0 N–H and O–H groups in total. The van der Waals surface area contributed by atoms with Crippen LogP contribution in [0.1, 0.15) is 31.0 Å². The zero-order valence-electron chi connectivity index (χ0n) is 17.8. The molecule has 1 unspecified atom stereocenters. The lowest BCUT2D eigenvalue weighted by atomic mass is 9.95. The average Bonchev–Trinajstić information content (AvgIpc) is 3.37. The molecule has 5 rings (SSSR count). The van der Waals surface area contributed by atoms with Crippen LogP contribution in [0.2, 0.25) is 5.02 Å². The molecule has 1 atom stereocenters. The summed E-state index contributed by atoms with van der Waals surface area (Å²) in [6.07, 6.45) is 1.77. The zero-order chi connectivity index (χ0) is 23.1. The monoisotopic (exact) mass is 482 g/mol. The first-order chi connectivity index (χ1) is 16.0. The van der Waals surface area contributed by atoms with Crippen LogP contribution >= 0.6 is 22.9 Å². The van der Waals surface area contributed by atoms with Crippen molar-refractivity contribution >= 4 is 35.0 Å². The van der Waals surface area contributed by atoms with Gasteiger partial charge in [-0.3, -0.25) is 9.36 Å². The molecule has 33 heavy (non-hydrogen) atoms. The fraction of sp³-hybridized carbons (Fsp3) is 0.208. The Morgan fingerprint density at radius 3 is 2.88 bits per heavy atom. The maximum Gasteiger partial charge on any atom is 0.338 e. The molecule has 0 amide bonds. The van der Waals surface area contributed by atoms with E-state index in [1.54, 1.807) is 44.2 Å². The minimum absolute atomic E-state index is 0.126. The summed E-state index contributed by atoms with van der Waals surface area (Å²) in [5.41, 5.74) is 2.07. The molecule has 0 radical (unpaired) electrons. The van der Waals surface area contributed by atoms with Gasteiger partial charge in [0.25, 0.3) is 5.56 Å². The van der Waals surface area contributed by atoms with Crippen molar-refractivity contribution < 1.29 is 19.0 Å². The van der Waals surface area contributed by atoms with Crippen molar-refractivity contribution in [2.45, 2.75) is 19.9 Å². The van der Waals surface area contributed by atoms with Gasteiger partial charge in [0.15, 0.2) is 16.3 Å². The average molecular weight is 483 g/mol. The third-order valence-electron chi connectivity index (χ3n) is 5.38. The predicted molar refractivity (Wildman–Crippen MR) is 124 cm³/mol. The van der Waals surface area contributed by atoms with Gasteiger partial charge in [-0.15, -0.1) is 0 Å². The Morgan fingerprint density at radius 1 is 1.27 bits per heavy atom. The van der Waals surface area contributed by atoms with Crippen molar-refractivity contribution in [2.24, 2.45) is 4.99 Å². The van der Waals surface area contributed by atoms with Gasteiger partial charge in [0.1, 0.15) is 0 Å². The smallest absolute Gasteiger partial charge is 0.338 e. The number of aromatic nitrogens is 1. The van der Waals surface area contributed by atoms with Crippen LogP contribution in [0.3, 0.4) is 0 Å². The molecule has 0 bridgehead atoms. The van der Waals surface area contributed by atoms with Crippen LogP contribution in [0.5, 0.6) is 11.5 Å². The molecular formula is C24H19ClN2O5S. The van der Waals surface area contributed by atoms with Crippen LogP contribution in [0, 0.1) is 0 Å². The molecule has 0 spiro atoms. The number of halogens is 1. The number of nitrogens with zero attached hydrogens (tertiary/aromatic N) is 2. The van der Waals surface area contributed by atoms with E-state index in [4.69, 9.17) is 25.8 Å². The second-order valence-corrected chi connectivity index (χ2v) is 8.92. The van der Waals surface area contributed by atoms with Crippen molar-refractivity contribution in [3.8, 4) is 11.5 Å². The highest BCUT2D eigenvalue weighted by Crippen LogP contribution is 2.38. The molecule has 2 aromatic carbocycles. The number of ether oxygens (including phenoxy) is 3. The van der Waals surface area contributed by atoms with Crippen molar-refractivity contribution in [3.63, 3.8) is 0 Å².